The molecule has 1 heterocycles. The average molecular weight is 332 g/mol. The zero-order chi connectivity index (χ0) is 17.7. The topological polar surface area (TPSA) is 64.7 Å². The van der Waals surface area contributed by atoms with E-state index in [0.717, 1.165) is 24.7 Å². The summed E-state index contributed by atoms with van der Waals surface area (Å²) in [5.74, 6) is 0.421. The predicted molar refractivity (Wildman–Crippen MR) is 97.3 cm³/mol. The number of nitrogens with one attached hydrogen (secondary N) is 2. The standard InChI is InChI=1S/C18H28N4O2/c1-13-9-10-22(11-13)16-7-5-15(6-8-16)20-18(24)21(4)12-14(2)17(23)19-3/h5-8,13-14H,9-12H2,1-4H3,(H,19,23)(H,20,24). The van der Waals surface area contributed by atoms with E-state index in [4.69, 9.17) is 0 Å². The fourth-order valence-electron chi connectivity index (χ4n) is 2.97. The molecule has 0 saturated carbocycles. The van der Waals surface area contributed by atoms with E-state index in [0.29, 0.717) is 6.54 Å². The zero-order valence-corrected chi connectivity index (χ0v) is 15.0. The molecule has 2 atom stereocenters. The van der Waals surface area contributed by atoms with Crippen molar-refractivity contribution in [3.05, 3.63) is 24.3 Å². The number of nitrogens with zero attached hydrogens (tertiary/aromatic N) is 2. The summed E-state index contributed by atoms with van der Waals surface area (Å²) in [6, 6.07) is 7.72. The van der Waals surface area contributed by atoms with Crippen LogP contribution in [0.3, 0.4) is 0 Å². The van der Waals surface area contributed by atoms with Gasteiger partial charge in [0.25, 0.3) is 0 Å². The van der Waals surface area contributed by atoms with Crippen molar-refractivity contribution in [2.24, 2.45) is 11.8 Å². The molecule has 1 aliphatic rings. The van der Waals surface area contributed by atoms with Crippen LogP contribution in [0.15, 0.2) is 24.3 Å². The lowest BCUT2D eigenvalue weighted by Crippen LogP contribution is -2.39. The Morgan fingerprint density at radius 3 is 2.54 bits per heavy atom. The first kappa shape index (κ1) is 18.1. The SMILES string of the molecule is CNC(=O)C(C)CN(C)C(=O)Nc1ccc(N2CCC(C)C2)cc1. The van der Waals surface area contributed by atoms with Crippen molar-refractivity contribution in [3.63, 3.8) is 0 Å². The van der Waals surface area contributed by atoms with Crippen molar-refractivity contribution in [2.45, 2.75) is 20.3 Å². The van der Waals surface area contributed by atoms with Gasteiger partial charge in [-0.15, -0.1) is 0 Å². The highest BCUT2D eigenvalue weighted by atomic mass is 16.2. The number of urea groups is 1. The lowest BCUT2D eigenvalue weighted by molar-refractivity contribution is -0.124. The largest absolute Gasteiger partial charge is 0.371 e. The summed E-state index contributed by atoms with van der Waals surface area (Å²) in [4.78, 5) is 27.6. The van der Waals surface area contributed by atoms with Gasteiger partial charge in [-0.3, -0.25) is 4.79 Å². The van der Waals surface area contributed by atoms with E-state index in [9.17, 15) is 9.59 Å². The van der Waals surface area contributed by atoms with Gasteiger partial charge in [0, 0.05) is 45.1 Å². The average Bonchev–Trinajstić information content (AvgIpc) is 3.01. The molecule has 2 unspecified atom stereocenters. The Kier molecular flexibility index (Phi) is 6.06. The number of carbonyl (C=O) groups excluding carboxylic acids is 2. The summed E-state index contributed by atoms with van der Waals surface area (Å²) in [6.07, 6.45) is 1.23. The molecule has 1 aliphatic heterocycles. The van der Waals surface area contributed by atoms with Crippen molar-refractivity contribution in [1.82, 2.24) is 10.2 Å². The Bertz CT molecular complexity index is 573. The maximum absolute atomic E-state index is 12.2. The quantitative estimate of drug-likeness (QED) is 0.870. The van der Waals surface area contributed by atoms with E-state index in [-0.39, 0.29) is 17.9 Å². The molecule has 1 fully saturated rings. The van der Waals surface area contributed by atoms with Gasteiger partial charge in [-0.25, -0.2) is 4.79 Å². The van der Waals surface area contributed by atoms with Gasteiger partial charge >= 0.3 is 6.03 Å². The van der Waals surface area contributed by atoms with Crippen LogP contribution >= 0.6 is 0 Å². The minimum absolute atomic E-state index is 0.0705. The second-order valence-electron chi connectivity index (χ2n) is 6.71. The van der Waals surface area contributed by atoms with Crippen LogP contribution < -0.4 is 15.5 Å². The van der Waals surface area contributed by atoms with Gasteiger partial charge in [-0.05, 0) is 36.6 Å². The highest BCUT2D eigenvalue weighted by Gasteiger charge is 2.19. The van der Waals surface area contributed by atoms with Gasteiger partial charge in [0.15, 0.2) is 0 Å². The molecule has 2 N–H and O–H groups in total. The van der Waals surface area contributed by atoms with Crippen LogP contribution in [0.25, 0.3) is 0 Å². The van der Waals surface area contributed by atoms with Gasteiger partial charge < -0.3 is 20.4 Å². The van der Waals surface area contributed by atoms with E-state index in [1.165, 1.54) is 17.0 Å². The molecule has 2 rings (SSSR count). The van der Waals surface area contributed by atoms with E-state index in [1.807, 2.05) is 24.3 Å². The second-order valence-corrected chi connectivity index (χ2v) is 6.71. The molecular weight excluding hydrogens is 304 g/mol. The molecule has 3 amide bonds. The lowest BCUT2D eigenvalue weighted by atomic mass is 10.1. The van der Waals surface area contributed by atoms with E-state index >= 15 is 0 Å². The fraction of sp³-hybridized carbons (Fsp3) is 0.556. The Morgan fingerprint density at radius 1 is 1.33 bits per heavy atom. The number of hydrogen-bond donors (Lipinski definition) is 2. The van der Waals surface area contributed by atoms with Crippen molar-refractivity contribution in [1.29, 1.82) is 0 Å². The van der Waals surface area contributed by atoms with E-state index in [1.54, 1.807) is 21.0 Å². The number of benzene rings is 1. The van der Waals surface area contributed by atoms with Crippen LogP contribution in [0.2, 0.25) is 0 Å². The van der Waals surface area contributed by atoms with Gasteiger partial charge in [0.2, 0.25) is 5.91 Å². The third kappa shape index (κ3) is 4.63. The monoisotopic (exact) mass is 332 g/mol. The third-order valence-corrected chi connectivity index (χ3v) is 4.50. The smallest absolute Gasteiger partial charge is 0.321 e. The molecule has 6 nitrogen and oxygen atoms in total. The van der Waals surface area contributed by atoms with Crippen molar-refractivity contribution in [2.75, 3.05) is 43.9 Å². The zero-order valence-electron chi connectivity index (χ0n) is 15.0. The van der Waals surface area contributed by atoms with Crippen LogP contribution in [0.5, 0.6) is 0 Å². The third-order valence-electron chi connectivity index (χ3n) is 4.50. The summed E-state index contributed by atoms with van der Waals surface area (Å²) < 4.78 is 0. The molecule has 0 aromatic heterocycles. The fourth-order valence-corrected chi connectivity index (χ4v) is 2.97. The number of hydrogen-bond acceptors (Lipinski definition) is 3. The summed E-state index contributed by atoms with van der Waals surface area (Å²) in [5.41, 5.74) is 1.95. The molecule has 132 valence electrons. The van der Waals surface area contributed by atoms with Crippen molar-refractivity contribution >= 4 is 23.3 Å². The predicted octanol–water partition coefficient (Wildman–Crippen LogP) is 2.38. The number of carbonyl (C=O) groups is 2. The van der Waals surface area contributed by atoms with Gasteiger partial charge in [-0.2, -0.15) is 0 Å². The minimum Gasteiger partial charge on any atom is -0.371 e. The van der Waals surface area contributed by atoms with Crippen LogP contribution in [0, 0.1) is 11.8 Å². The first-order valence-corrected chi connectivity index (χ1v) is 8.49. The Morgan fingerprint density at radius 2 is 2.00 bits per heavy atom. The first-order chi connectivity index (χ1) is 11.4. The van der Waals surface area contributed by atoms with E-state index < -0.39 is 0 Å². The highest BCUT2D eigenvalue weighted by molar-refractivity contribution is 5.89. The van der Waals surface area contributed by atoms with Crippen molar-refractivity contribution < 1.29 is 9.59 Å². The molecule has 0 radical (unpaired) electrons. The van der Waals surface area contributed by atoms with Crippen LogP contribution in [-0.2, 0) is 4.79 Å². The number of amides is 3. The Balaban J connectivity index is 1.88. The van der Waals surface area contributed by atoms with Gasteiger partial charge in [0.1, 0.15) is 0 Å². The highest BCUT2D eigenvalue weighted by Crippen LogP contribution is 2.24. The molecule has 1 saturated heterocycles. The summed E-state index contributed by atoms with van der Waals surface area (Å²) >= 11 is 0. The Labute approximate surface area is 144 Å². The normalized spacial score (nSPS) is 18.2. The molecule has 1 aromatic carbocycles. The second kappa shape index (κ2) is 8.04. The molecular formula is C18H28N4O2. The number of rotatable bonds is 5. The molecule has 6 heteroatoms. The summed E-state index contributed by atoms with van der Waals surface area (Å²) in [7, 11) is 3.29. The van der Waals surface area contributed by atoms with Crippen LogP contribution in [0.4, 0.5) is 16.2 Å². The maximum atomic E-state index is 12.2. The van der Waals surface area contributed by atoms with Gasteiger partial charge in [0.05, 0.1) is 5.92 Å². The molecule has 0 bridgehead atoms. The summed E-state index contributed by atoms with van der Waals surface area (Å²) in [6.45, 7) is 6.62. The molecule has 0 spiro atoms. The molecule has 1 aromatic rings. The maximum Gasteiger partial charge on any atom is 0.321 e. The van der Waals surface area contributed by atoms with Crippen LogP contribution in [-0.4, -0.2) is 50.6 Å². The van der Waals surface area contributed by atoms with Gasteiger partial charge in [-0.1, -0.05) is 13.8 Å². The molecule has 0 aliphatic carbocycles. The van der Waals surface area contributed by atoms with Crippen molar-refractivity contribution in [3.8, 4) is 0 Å². The van der Waals surface area contributed by atoms with E-state index in [2.05, 4.69) is 22.5 Å². The first-order valence-electron chi connectivity index (χ1n) is 8.49. The molecule has 24 heavy (non-hydrogen) atoms. The van der Waals surface area contributed by atoms with Crippen LogP contribution in [0.1, 0.15) is 20.3 Å². The minimum atomic E-state index is -0.245. The Hall–Kier alpha value is -2.24. The summed E-state index contributed by atoms with van der Waals surface area (Å²) in [5, 5.41) is 5.46. The lowest BCUT2D eigenvalue weighted by Gasteiger charge is -2.22. The number of anilines is 2.